The number of carbonyl (C=O) groups is 1. The van der Waals surface area contributed by atoms with Gasteiger partial charge in [0.05, 0.1) is 7.11 Å². The first-order valence-corrected chi connectivity index (χ1v) is 5.16. The van der Waals surface area contributed by atoms with Gasteiger partial charge in [-0.25, -0.2) is 0 Å². The Bertz CT molecular complexity index is 233. The minimum absolute atomic E-state index is 0.0651. The zero-order valence-electron chi connectivity index (χ0n) is 9.89. The molecule has 3 heteroatoms. The van der Waals surface area contributed by atoms with Crippen molar-refractivity contribution >= 4 is 5.78 Å². The Labute approximate surface area is 86.4 Å². The second kappa shape index (κ2) is 3.63. The first-order chi connectivity index (χ1) is 6.29. The molecule has 0 aromatic rings. The summed E-state index contributed by atoms with van der Waals surface area (Å²) >= 11 is 0. The Morgan fingerprint density at radius 2 is 1.79 bits per heavy atom. The summed E-state index contributed by atoms with van der Waals surface area (Å²) in [6.07, 6.45) is 2.10. The van der Waals surface area contributed by atoms with E-state index in [9.17, 15) is 4.79 Å². The molecule has 0 spiro atoms. The third-order valence-electron chi connectivity index (χ3n) is 2.93. The minimum Gasteiger partial charge on any atom is -0.301 e. The molecular weight excluding hydrogens is 178 g/mol. The highest BCUT2D eigenvalue weighted by atomic mass is 16.7. The van der Waals surface area contributed by atoms with E-state index in [4.69, 9.17) is 4.84 Å². The molecule has 1 rings (SSSR count). The molecular formula is C11H21NO2. The van der Waals surface area contributed by atoms with Gasteiger partial charge >= 0.3 is 0 Å². The SMILES string of the molecule is CON1C(C)(C)CCC(=O)CC1(C)C. The predicted molar refractivity (Wildman–Crippen MR) is 55.9 cm³/mol. The summed E-state index contributed by atoms with van der Waals surface area (Å²) in [4.78, 5) is 17.0. The van der Waals surface area contributed by atoms with E-state index in [2.05, 4.69) is 27.7 Å². The smallest absolute Gasteiger partial charge is 0.134 e. The third-order valence-corrected chi connectivity index (χ3v) is 2.93. The summed E-state index contributed by atoms with van der Waals surface area (Å²) in [6.45, 7) is 8.36. The van der Waals surface area contributed by atoms with Gasteiger partial charge < -0.3 is 4.84 Å². The quantitative estimate of drug-likeness (QED) is 0.648. The number of nitrogens with zero attached hydrogens (tertiary/aromatic N) is 1. The Kier molecular flexibility index (Phi) is 3.02. The molecule has 1 aliphatic rings. The van der Waals surface area contributed by atoms with Crippen LogP contribution in [0.4, 0.5) is 0 Å². The van der Waals surface area contributed by atoms with E-state index < -0.39 is 0 Å². The second-order valence-corrected chi connectivity index (χ2v) is 5.32. The monoisotopic (exact) mass is 199 g/mol. The van der Waals surface area contributed by atoms with Crippen LogP contribution < -0.4 is 0 Å². The van der Waals surface area contributed by atoms with E-state index in [1.165, 1.54) is 0 Å². The van der Waals surface area contributed by atoms with Crippen LogP contribution in [0.3, 0.4) is 0 Å². The van der Waals surface area contributed by atoms with Gasteiger partial charge in [-0.1, -0.05) is 0 Å². The van der Waals surface area contributed by atoms with Gasteiger partial charge in [0.1, 0.15) is 5.78 Å². The van der Waals surface area contributed by atoms with Crippen molar-refractivity contribution in [3.05, 3.63) is 0 Å². The lowest BCUT2D eigenvalue weighted by Gasteiger charge is -2.44. The van der Waals surface area contributed by atoms with Crippen molar-refractivity contribution in [2.24, 2.45) is 0 Å². The van der Waals surface area contributed by atoms with Crippen LogP contribution in [-0.2, 0) is 9.63 Å². The molecule has 0 saturated carbocycles. The van der Waals surface area contributed by atoms with E-state index in [0.717, 1.165) is 6.42 Å². The number of carbonyl (C=O) groups excluding carboxylic acids is 1. The molecule has 82 valence electrons. The van der Waals surface area contributed by atoms with Crippen molar-refractivity contribution in [1.82, 2.24) is 5.06 Å². The third kappa shape index (κ3) is 2.15. The summed E-state index contributed by atoms with van der Waals surface area (Å²) in [5.74, 6) is 0.336. The first kappa shape index (κ1) is 11.7. The van der Waals surface area contributed by atoms with Crippen molar-refractivity contribution in [2.75, 3.05) is 7.11 Å². The summed E-state index contributed by atoms with van der Waals surface area (Å²) in [5.41, 5.74) is -0.268. The fraction of sp³-hybridized carbons (Fsp3) is 0.909. The Hall–Kier alpha value is -0.410. The lowest BCUT2D eigenvalue weighted by atomic mass is 9.95. The molecule has 0 aliphatic carbocycles. The zero-order chi connectivity index (χ0) is 11.0. The van der Waals surface area contributed by atoms with Crippen molar-refractivity contribution in [3.8, 4) is 0 Å². The fourth-order valence-corrected chi connectivity index (χ4v) is 2.50. The maximum Gasteiger partial charge on any atom is 0.134 e. The molecule has 0 unspecified atom stereocenters. The summed E-state index contributed by atoms with van der Waals surface area (Å²) in [5, 5.41) is 1.96. The number of ketones is 1. The highest BCUT2D eigenvalue weighted by Gasteiger charge is 2.42. The van der Waals surface area contributed by atoms with Gasteiger partial charge in [0.15, 0.2) is 0 Å². The average Bonchev–Trinajstić information content (AvgIpc) is 2.06. The lowest BCUT2D eigenvalue weighted by Crippen LogP contribution is -2.53. The number of rotatable bonds is 1. The zero-order valence-corrected chi connectivity index (χ0v) is 9.89. The molecule has 0 N–H and O–H groups in total. The van der Waals surface area contributed by atoms with Crippen LogP contribution in [0, 0.1) is 0 Å². The van der Waals surface area contributed by atoms with Gasteiger partial charge in [0, 0.05) is 23.9 Å². The molecule has 3 nitrogen and oxygen atoms in total. The molecule has 1 saturated heterocycles. The molecule has 14 heavy (non-hydrogen) atoms. The number of Topliss-reactive ketones (excluding diaryl/α,β-unsaturated/α-hetero) is 1. The van der Waals surface area contributed by atoms with E-state index in [1.807, 2.05) is 5.06 Å². The van der Waals surface area contributed by atoms with Gasteiger partial charge in [0.2, 0.25) is 0 Å². The normalized spacial score (nSPS) is 27.4. The highest BCUT2D eigenvalue weighted by Crippen LogP contribution is 2.34. The average molecular weight is 199 g/mol. The summed E-state index contributed by atoms with van der Waals surface area (Å²) in [6, 6.07) is 0. The maximum atomic E-state index is 11.6. The molecule has 0 aromatic carbocycles. The van der Waals surface area contributed by atoms with Crippen LogP contribution in [0.1, 0.15) is 47.0 Å². The standard InChI is InChI=1S/C11H21NO2/c1-10(2)7-6-9(13)8-11(3,4)12(10)14-5/h6-8H2,1-5H3. The molecule has 0 radical (unpaired) electrons. The molecule has 1 fully saturated rings. The van der Waals surface area contributed by atoms with Gasteiger partial charge in [-0.05, 0) is 34.1 Å². The highest BCUT2D eigenvalue weighted by molar-refractivity contribution is 5.79. The first-order valence-electron chi connectivity index (χ1n) is 5.16. The Morgan fingerprint density at radius 1 is 1.21 bits per heavy atom. The van der Waals surface area contributed by atoms with Crippen LogP contribution in [0.5, 0.6) is 0 Å². The van der Waals surface area contributed by atoms with Gasteiger partial charge in [-0.3, -0.25) is 4.79 Å². The maximum absolute atomic E-state index is 11.6. The van der Waals surface area contributed by atoms with Gasteiger partial charge in [0.25, 0.3) is 0 Å². The molecule has 1 aliphatic heterocycles. The molecule has 1 heterocycles. The lowest BCUT2D eigenvalue weighted by molar-refractivity contribution is -0.245. The topological polar surface area (TPSA) is 29.5 Å². The van der Waals surface area contributed by atoms with Crippen molar-refractivity contribution < 1.29 is 9.63 Å². The molecule has 0 amide bonds. The van der Waals surface area contributed by atoms with Crippen molar-refractivity contribution in [1.29, 1.82) is 0 Å². The predicted octanol–water partition coefficient (Wildman–Crippen LogP) is 2.16. The van der Waals surface area contributed by atoms with Crippen molar-refractivity contribution in [3.63, 3.8) is 0 Å². The Balaban J connectivity index is 2.99. The van der Waals surface area contributed by atoms with Gasteiger partial charge in [-0.15, -0.1) is 0 Å². The van der Waals surface area contributed by atoms with Crippen LogP contribution in [0.2, 0.25) is 0 Å². The van der Waals surface area contributed by atoms with E-state index >= 15 is 0 Å². The largest absolute Gasteiger partial charge is 0.301 e. The van der Waals surface area contributed by atoms with Crippen LogP contribution in [0.15, 0.2) is 0 Å². The van der Waals surface area contributed by atoms with E-state index in [0.29, 0.717) is 18.6 Å². The van der Waals surface area contributed by atoms with Gasteiger partial charge in [-0.2, -0.15) is 5.06 Å². The van der Waals surface area contributed by atoms with Crippen LogP contribution in [-0.4, -0.2) is 29.0 Å². The van der Waals surface area contributed by atoms with E-state index in [1.54, 1.807) is 7.11 Å². The number of hydroxylamine groups is 2. The van der Waals surface area contributed by atoms with Crippen LogP contribution in [0.25, 0.3) is 0 Å². The molecule has 0 bridgehead atoms. The summed E-state index contributed by atoms with van der Waals surface area (Å²) in [7, 11) is 1.68. The number of hydrogen-bond acceptors (Lipinski definition) is 3. The number of hydrogen-bond donors (Lipinski definition) is 0. The van der Waals surface area contributed by atoms with Crippen molar-refractivity contribution in [2.45, 2.75) is 58.0 Å². The summed E-state index contributed by atoms with van der Waals surface area (Å²) < 4.78 is 0. The van der Waals surface area contributed by atoms with Crippen LogP contribution >= 0.6 is 0 Å². The molecule has 0 atom stereocenters. The van der Waals surface area contributed by atoms with E-state index in [-0.39, 0.29) is 11.1 Å². The minimum atomic E-state index is -0.203. The molecule has 0 aromatic heterocycles. The fourth-order valence-electron chi connectivity index (χ4n) is 2.50. The second-order valence-electron chi connectivity index (χ2n) is 5.32. The Morgan fingerprint density at radius 3 is 2.29 bits per heavy atom.